The van der Waals surface area contributed by atoms with Gasteiger partial charge in [0.15, 0.2) is 0 Å². The minimum atomic E-state index is -0.0269. The maximum Gasteiger partial charge on any atom is 0.253 e. The molecule has 25 heavy (non-hydrogen) atoms. The number of benzene rings is 2. The van der Waals surface area contributed by atoms with Crippen LogP contribution in [-0.4, -0.2) is 29.9 Å². The quantitative estimate of drug-likeness (QED) is 0.719. The summed E-state index contributed by atoms with van der Waals surface area (Å²) in [6, 6.07) is 14.8. The number of piperidine rings is 1. The average molecular weight is 357 g/mol. The molecule has 2 aliphatic rings. The lowest BCUT2D eigenvalue weighted by Crippen LogP contribution is -2.54. The Hall–Kier alpha value is -1.84. The number of nitrogens with two attached hydrogens (primary N) is 1. The van der Waals surface area contributed by atoms with Gasteiger partial charge < -0.3 is 10.6 Å². The summed E-state index contributed by atoms with van der Waals surface area (Å²) in [6.45, 7) is 5.78. The molecule has 1 amide bonds. The van der Waals surface area contributed by atoms with E-state index in [9.17, 15) is 4.79 Å². The maximum absolute atomic E-state index is 13.0. The van der Waals surface area contributed by atoms with E-state index in [2.05, 4.69) is 50.2 Å². The first-order valence-corrected chi connectivity index (χ1v) is 8.72. The van der Waals surface area contributed by atoms with E-state index in [1.807, 2.05) is 11.0 Å². The molecule has 1 atom stereocenters. The lowest BCUT2D eigenvalue weighted by atomic mass is 9.79. The molecule has 2 aromatic rings. The van der Waals surface area contributed by atoms with E-state index in [0.29, 0.717) is 0 Å². The Balaban J connectivity index is 0.00000182. The van der Waals surface area contributed by atoms with Gasteiger partial charge in [-0.2, -0.15) is 0 Å². The average Bonchev–Trinajstić information content (AvgIpc) is 2.94. The third-order valence-corrected chi connectivity index (χ3v) is 5.64. The standard InChI is InChI=1S/C21H24N2O.ClH/c1-21(2)13-23(10-9-19(21)22)20(24)15-7-8-18-16(12-15)11-14-5-3-4-6-17(14)18;/h3-8,12,19H,9-11,13,22H2,1-2H3;1H. The highest BCUT2D eigenvalue weighted by Gasteiger charge is 2.35. The second-order valence-corrected chi connectivity index (χ2v) is 7.82. The number of hydrogen-bond donors (Lipinski definition) is 1. The Kier molecular flexibility index (Phi) is 4.65. The van der Waals surface area contributed by atoms with E-state index in [1.165, 1.54) is 22.3 Å². The van der Waals surface area contributed by atoms with Crippen molar-refractivity contribution >= 4 is 18.3 Å². The Labute approximate surface area is 155 Å². The van der Waals surface area contributed by atoms with Crippen molar-refractivity contribution in [2.24, 2.45) is 11.1 Å². The normalized spacial score (nSPS) is 20.4. The van der Waals surface area contributed by atoms with Gasteiger partial charge in [0, 0.05) is 24.7 Å². The minimum Gasteiger partial charge on any atom is -0.338 e. The first kappa shape index (κ1) is 18.0. The fourth-order valence-corrected chi connectivity index (χ4v) is 4.01. The predicted molar refractivity (Wildman–Crippen MR) is 104 cm³/mol. The monoisotopic (exact) mass is 356 g/mol. The molecular formula is C21H25ClN2O. The van der Waals surface area contributed by atoms with Crippen LogP contribution in [0, 0.1) is 5.41 Å². The Morgan fingerprint density at radius 2 is 1.84 bits per heavy atom. The molecule has 4 rings (SSSR count). The van der Waals surface area contributed by atoms with Crippen LogP contribution in [0.1, 0.15) is 41.8 Å². The van der Waals surface area contributed by atoms with Crippen molar-refractivity contribution < 1.29 is 4.79 Å². The summed E-state index contributed by atoms with van der Waals surface area (Å²) >= 11 is 0. The summed E-state index contributed by atoms with van der Waals surface area (Å²) in [5.74, 6) is 0.133. The molecule has 3 nitrogen and oxygen atoms in total. The number of fused-ring (bicyclic) bond motifs is 3. The number of halogens is 1. The molecule has 132 valence electrons. The largest absolute Gasteiger partial charge is 0.338 e. The van der Waals surface area contributed by atoms with Gasteiger partial charge in [-0.05, 0) is 52.6 Å². The number of hydrogen-bond acceptors (Lipinski definition) is 2. The van der Waals surface area contributed by atoms with E-state index in [0.717, 1.165) is 31.5 Å². The van der Waals surface area contributed by atoms with Crippen LogP contribution in [0.25, 0.3) is 11.1 Å². The summed E-state index contributed by atoms with van der Waals surface area (Å²) < 4.78 is 0. The molecule has 4 heteroatoms. The number of amides is 1. The first-order valence-electron chi connectivity index (χ1n) is 8.72. The smallest absolute Gasteiger partial charge is 0.253 e. The van der Waals surface area contributed by atoms with Crippen LogP contribution in [0.3, 0.4) is 0 Å². The molecule has 2 N–H and O–H groups in total. The molecule has 1 heterocycles. The number of carbonyl (C=O) groups is 1. The highest BCUT2D eigenvalue weighted by atomic mass is 35.5. The molecule has 0 spiro atoms. The summed E-state index contributed by atoms with van der Waals surface area (Å²) in [6.07, 6.45) is 1.79. The predicted octanol–water partition coefficient (Wildman–Crippen LogP) is 3.88. The van der Waals surface area contributed by atoms with Crippen LogP contribution in [0.5, 0.6) is 0 Å². The van der Waals surface area contributed by atoms with E-state index >= 15 is 0 Å². The van der Waals surface area contributed by atoms with Crippen molar-refractivity contribution in [3.8, 4) is 11.1 Å². The molecule has 2 aromatic carbocycles. The third kappa shape index (κ3) is 3.07. The van der Waals surface area contributed by atoms with Crippen molar-refractivity contribution in [2.75, 3.05) is 13.1 Å². The topological polar surface area (TPSA) is 46.3 Å². The van der Waals surface area contributed by atoms with Crippen molar-refractivity contribution in [2.45, 2.75) is 32.7 Å². The second kappa shape index (κ2) is 6.47. The fourth-order valence-electron chi connectivity index (χ4n) is 4.01. The van der Waals surface area contributed by atoms with Gasteiger partial charge in [-0.3, -0.25) is 4.79 Å². The Morgan fingerprint density at radius 1 is 1.12 bits per heavy atom. The van der Waals surface area contributed by atoms with Crippen molar-refractivity contribution in [1.82, 2.24) is 4.90 Å². The molecule has 0 aromatic heterocycles. The van der Waals surface area contributed by atoms with Gasteiger partial charge in [0.1, 0.15) is 0 Å². The fraction of sp³-hybridized carbons (Fsp3) is 0.381. The zero-order valence-electron chi connectivity index (χ0n) is 14.8. The molecule has 1 aliphatic carbocycles. The van der Waals surface area contributed by atoms with Crippen LogP contribution in [0.15, 0.2) is 42.5 Å². The Bertz CT molecular complexity index is 815. The second-order valence-electron chi connectivity index (χ2n) is 7.82. The number of carbonyl (C=O) groups excluding carboxylic acids is 1. The summed E-state index contributed by atoms with van der Waals surface area (Å²) in [4.78, 5) is 14.9. The first-order chi connectivity index (χ1) is 11.5. The number of nitrogens with zero attached hydrogens (tertiary/aromatic N) is 1. The summed E-state index contributed by atoms with van der Waals surface area (Å²) in [5, 5.41) is 0. The van der Waals surface area contributed by atoms with Crippen molar-refractivity contribution in [3.63, 3.8) is 0 Å². The minimum absolute atomic E-state index is 0. The van der Waals surface area contributed by atoms with Crippen LogP contribution >= 0.6 is 12.4 Å². The molecule has 1 aliphatic heterocycles. The van der Waals surface area contributed by atoms with E-state index in [4.69, 9.17) is 5.73 Å². The van der Waals surface area contributed by atoms with E-state index in [1.54, 1.807) is 0 Å². The molecule has 0 saturated carbocycles. The molecule has 1 saturated heterocycles. The van der Waals surface area contributed by atoms with Gasteiger partial charge >= 0.3 is 0 Å². The van der Waals surface area contributed by atoms with Gasteiger partial charge in [-0.25, -0.2) is 0 Å². The van der Waals surface area contributed by atoms with E-state index < -0.39 is 0 Å². The lowest BCUT2D eigenvalue weighted by molar-refractivity contribution is 0.0533. The van der Waals surface area contributed by atoms with Crippen LogP contribution < -0.4 is 5.73 Å². The van der Waals surface area contributed by atoms with Gasteiger partial charge in [-0.1, -0.05) is 44.2 Å². The lowest BCUT2D eigenvalue weighted by Gasteiger charge is -2.42. The third-order valence-electron chi connectivity index (χ3n) is 5.64. The number of rotatable bonds is 1. The van der Waals surface area contributed by atoms with Crippen LogP contribution in [0.4, 0.5) is 0 Å². The highest BCUT2D eigenvalue weighted by Crippen LogP contribution is 2.37. The van der Waals surface area contributed by atoms with Crippen molar-refractivity contribution in [3.05, 3.63) is 59.2 Å². The summed E-state index contributed by atoms with van der Waals surface area (Å²) in [5.41, 5.74) is 12.1. The molecule has 0 radical (unpaired) electrons. The highest BCUT2D eigenvalue weighted by molar-refractivity contribution is 5.96. The molecule has 1 fully saturated rings. The van der Waals surface area contributed by atoms with Gasteiger partial charge in [0.25, 0.3) is 5.91 Å². The number of likely N-dealkylation sites (tertiary alicyclic amines) is 1. The Morgan fingerprint density at radius 3 is 2.60 bits per heavy atom. The molecule has 1 unspecified atom stereocenters. The van der Waals surface area contributed by atoms with Crippen LogP contribution in [0.2, 0.25) is 0 Å². The van der Waals surface area contributed by atoms with Crippen molar-refractivity contribution in [1.29, 1.82) is 0 Å². The van der Waals surface area contributed by atoms with Gasteiger partial charge in [-0.15, -0.1) is 12.4 Å². The summed E-state index contributed by atoms with van der Waals surface area (Å²) in [7, 11) is 0. The zero-order valence-corrected chi connectivity index (χ0v) is 15.6. The maximum atomic E-state index is 13.0. The zero-order chi connectivity index (χ0) is 16.9. The SMILES string of the molecule is CC1(C)CN(C(=O)c2ccc3c(c2)Cc2ccccc2-3)CCC1N.Cl. The van der Waals surface area contributed by atoms with Gasteiger partial charge in [0.2, 0.25) is 0 Å². The van der Waals surface area contributed by atoms with E-state index in [-0.39, 0.29) is 29.8 Å². The molecule has 0 bridgehead atoms. The van der Waals surface area contributed by atoms with Crippen LogP contribution in [-0.2, 0) is 6.42 Å². The molecular weight excluding hydrogens is 332 g/mol. The van der Waals surface area contributed by atoms with Gasteiger partial charge in [0.05, 0.1) is 0 Å².